The Hall–Kier alpha value is -7.73. The summed E-state index contributed by atoms with van der Waals surface area (Å²) in [6, 6.07) is 75.0. The number of hydrogen-bond acceptors (Lipinski definition) is 3. The molecule has 0 bridgehead atoms. The Morgan fingerprint density at radius 2 is 1.14 bits per heavy atom. The average molecular weight is 1250 g/mol. The Balaban J connectivity index is 0.000000350. The van der Waals surface area contributed by atoms with Crippen molar-refractivity contribution in [3.8, 4) is 50.6 Å². The summed E-state index contributed by atoms with van der Waals surface area (Å²) in [7, 11) is -1.23. The molecule has 0 amide bonds. The van der Waals surface area contributed by atoms with Gasteiger partial charge in [0.2, 0.25) is 0 Å². The van der Waals surface area contributed by atoms with Crippen LogP contribution in [0.5, 0.6) is 0 Å². The number of nitrogens with zero attached hydrogens (tertiary/aromatic N) is 3. The monoisotopic (exact) mass is 1250 g/mol. The molecule has 13 aromatic rings. The van der Waals surface area contributed by atoms with E-state index in [9.17, 15) is 0 Å². The zero-order valence-electron chi connectivity index (χ0n) is 48.4. The first-order valence-electron chi connectivity index (χ1n) is 28.6. The molecule has 0 saturated carbocycles. The Morgan fingerprint density at radius 1 is 0.519 bits per heavy atom. The first-order chi connectivity index (χ1) is 38.6. The van der Waals surface area contributed by atoms with Crippen molar-refractivity contribution in [1.82, 2.24) is 14.5 Å². The van der Waals surface area contributed by atoms with Crippen LogP contribution < -0.4 is 5.19 Å². The van der Waals surface area contributed by atoms with Crippen molar-refractivity contribution >= 4 is 78.5 Å². The van der Waals surface area contributed by atoms with Crippen molar-refractivity contribution < 1.29 is 24.5 Å². The van der Waals surface area contributed by atoms with Crippen LogP contribution in [0.2, 0.25) is 19.6 Å². The van der Waals surface area contributed by atoms with E-state index in [1.54, 1.807) is 0 Å². The second-order valence-corrected chi connectivity index (χ2v) is 29.0. The number of aromatic nitrogens is 3. The zero-order valence-corrected chi connectivity index (χ0v) is 51.8. The van der Waals surface area contributed by atoms with Gasteiger partial charge in [0.05, 0.1) is 30.5 Å². The van der Waals surface area contributed by atoms with E-state index in [0.29, 0.717) is 11.8 Å². The summed E-state index contributed by atoms with van der Waals surface area (Å²) in [6.07, 6.45) is 2.02. The minimum absolute atomic E-state index is 0. The molecule has 0 aliphatic heterocycles. The largest absolute Gasteiger partial charge is 0.500 e. The Morgan fingerprint density at radius 3 is 1.77 bits per heavy atom. The molecule has 405 valence electrons. The molecule has 6 heteroatoms. The minimum Gasteiger partial charge on any atom is -0.500 e. The summed E-state index contributed by atoms with van der Waals surface area (Å²) in [5.41, 5.74) is 17.9. The van der Waals surface area contributed by atoms with Crippen LogP contribution in [-0.4, -0.2) is 22.6 Å². The molecule has 13 rings (SSSR count). The Bertz CT molecular complexity index is 4390. The Labute approximate surface area is 492 Å². The van der Waals surface area contributed by atoms with Gasteiger partial charge in [0, 0.05) is 42.8 Å². The summed E-state index contributed by atoms with van der Waals surface area (Å²) in [5, 5.41) is 10.8. The molecule has 3 heterocycles. The summed E-state index contributed by atoms with van der Waals surface area (Å²) in [6.45, 7) is 25.5. The van der Waals surface area contributed by atoms with Crippen LogP contribution in [-0.2, 0) is 20.1 Å². The summed E-state index contributed by atoms with van der Waals surface area (Å²) < 4.78 is 9.85. The fourth-order valence-corrected chi connectivity index (χ4v) is 13.0. The number of benzene rings is 10. The van der Waals surface area contributed by atoms with Crippen molar-refractivity contribution in [2.24, 2.45) is 0 Å². The van der Waals surface area contributed by atoms with Gasteiger partial charge in [-0.15, -0.1) is 48.0 Å². The summed E-state index contributed by atoms with van der Waals surface area (Å²) in [4.78, 5) is 10.2. The number of pyridine rings is 1. The molecule has 0 unspecified atom stereocenters. The maximum atomic E-state index is 7.38. The van der Waals surface area contributed by atoms with E-state index in [4.69, 9.17) is 9.40 Å². The molecule has 10 aromatic carbocycles. The normalized spacial score (nSPS) is 12.0. The van der Waals surface area contributed by atoms with Crippen molar-refractivity contribution in [1.29, 1.82) is 0 Å². The number of fused-ring (bicyclic) bond motifs is 9. The molecule has 81 heavy (non-hydrogen) atoms. The summed E-state index contributed by atoms with van der Waals surface area (Å²) >= 11 is 0. The fourth-order valence-electron chi connectivity index (χ4n) is 11.9. The molecule has 0 fully saturated rings. The van der Waals surface area contributed by atoms with Gasteiger partial charge >= 0.3 is 0 Å². The van der Waals surface area contributed by atoms with Gasteiger partial charge in [0.15, 0.2) is 0 Å². The molecule has 3 aromatic heterocycles. The van der Waals surface area contributed by atoms with Crippen LogP contribution in [0.4, 0.5) is 0 Å². The quantitative estimate of drug-likeness (QED) is 0.0779. The molecular formula is C75H69IrN3OSi-2. The van der Waals surface area contributed by atoms with Gasteiger partial charge in [0.1, 0.15) is 5.58 Å². The first-order valence-corrected chi connectivity index (χ1v) is 32.1. The van der Waals surface area contributed by atoms with Gasteiger partial charge < -0.3 is 14.0 Å². The molecule has 1 radical (unpaired) electrons. The molecular weight excluding hydrogens is 1180 g/mol. The Kier molecular flexibility index (Phi) is 15.2. The first kappa shape index (κ1) is 55.2. The molecule has 0 spiro atoms. The summed E-state index contributed by atoms with van der Waals surface area (Å²) in [5.74, 6) is 1.90. The van der Waals surface area contributed by atoms with Crippen LogP contribution in [0.1, 0.15) is 101 Å². The van der Waals surface area contributed by atoms with Crippen LogP contribution in [0, 0.1) is 12.1 Å². The van der Waals surface area contributed by atoms with E-state index in [2.05, 4.69) is 261 Å². The molecule has 0 atom stereocenters. The fraction of sp³-hybridized carbons (Fsp3) is 0.200. The van der Waals surface area contributed by atoms with Crippen molar-refractivity contribution in [2.45, 2.75) is 98.7 Å². The number of hydrogen-bond donors (Lipinski definition) is 0. The third kappa shape index (κ3) is 10.2. The average Bonchev–Trinajstić information content (AvgIpc) is 4.20. The second-order valence-electron chi connectivity index (χ2n) is 23.9. The molecule has 0 aliphatic rings. The number of rotatable bonds is 10. The van der Waals surface area contributed by atoms with E-state index in [1.165, 1.54) is 82.1 Å². The predicted molar refractivity (Wildman–Crippen MR) is 344 cm³/mol. The van der Waals surface area contributed by atoms with Crippen molar-refractivity contribution in [3.05, 3.63) is 229 Å². The van der Waals surface area contributed by atoms with Crippen LogP contribution in [0.25, 0.3) is 116 Å². The third-order valence-electron chi connectivity index (χ3n) is 16.2. The SMILES string of the molecule is CC(C)c1cccc(C(C)C)c1-c1c[c-]c(-c2nc3ccc4ccccc4c3n2-c2c(C(C)C)cc(-c3ccccc3)cc2C(C)C)c2oc3cc4c(ccc5ccccc54)cc3c12.C[Si](C)(C)c1ccc(-c2[c-]cccc2)nc1.[Ir]. The van der Waals surface area contributed by atoms with Crippen LogP contribution in [0.3, 0.4) is 0 Å². The van der Waals surface area contributed by atoms with Gasteiger partial charge in [-0.25, -0.2) is 0 Å². The van der Waals surface area contributed by atoms with Crippen molar-refractivity contribution in [2.75, 3.05) is 0 Å². The van der Waals surface area contributed by atoms with Crippen LogP contribution >= 0.6 is 0 Å². The third-order valence-corrected chi connectivity index (χ3v) is 18.2. The van der Waals surface area contributed by atoms with Crippen molar-refractivity contribution in [3.63, 3.8) is 0 Å². The van der Waals surface area contributed by atoms with Gasteiger partial charge in [-0.3, -0.25) is 4.98 Å². The standard InChI is InChI=1S/C61H53N2O.C14H16NSi.Ir/c1-35(2)44-23-16-24-45(36(3)4)56(44)48-28-29-49(60-57(48)53-31-42-26-25-40-19-12-14-21-46(40)52(42)34-55(53)64-60)61-62-54-30-27-41-20-13-15-22-47(41)59(54)63(61)58-50(37(5)6)32-43(33-51(58)38(7)8)39-17-10-9-11-18-39;1-16(2,3)13-9-10-14(15-11-13)12-7-5-4-6-8-12;/h9-28,30-38H,1-8H3;4-7,9-11H,1-3H3;/q2*-1;. The van der Waals surface area contributed by atoms with E-state index < -0.39 is 8.07 Å². The molecule has 0 N–H and O–H groups in total. The minimum atomic E-state index is -1.23. The van der Waals surface area contributed by atoms with Crippen LogP contribution in [0.15, 0.2) is 199 Å². The molecule has 4 nitrogen and oxygen atoms in total. The second kappa shape index (κ2) is 22.3. The molecule has 0 aliphatic carbocycles. The predicted octanol–water partition coefficient (Wildman–Crippen LogP) is 20.8. The van der Waals surface area contributed by atoms with Gasteiger partial charge in [-0.1, -0.05) is 219 Å². The molecule has 0 saturated heterocycles. The van der Waals surface area contributed by atoms with Gasteiger partial charge in [0.25, 0.3) is 0 Å². The van der Waals surface area contributed by atoms with E-state index in [0.717, 1.165) is 61.2 Å². The van der Waals surface area contributed by atoms with E-state index in [-0.39, 0.29) is 31.9 Å². The zero-order chi connectivity index (χ0) is 55.6. The van der Waals surface area contributed by atoms with Gasteiger partial charge in [-0.2, -0.15) is 0 Å². The topological polar surface area (TPSA) is 43.9 Å². The van der Waals surface area contributed by atoms with Gasteiger partial charge in [-0.05, 0) is 131 Å². The number of furan rings is 1. The maximum absolute atomic E-state index is 7.38. The van der Waals surface area contributed by atoms with E-state index >= 15 is 0 Å². The van der Waals surface area contributed by atoms with E-state index in [1.807, 2.05) is 30.5 Å². The number of imidazole rings is 1. The maximum Gasteiger partial charge on any atom is 0.121 e. The smallest absolute Gasteiger partial charge is 0.121 e.